The van der Waals surface area contributed by atoms with Crippen molar-refractivity contribution in [1.29, 1.82) is 0 Å². The molecule has 0 aromatic carbocycles. The number of allylic oxidation sites excluding steroid dienone is 10. The molecule has 55 heavy (non-hydrogen) atoms. The highest BCUT2D eigenvalue weighted by Gasteiger charge is 2.16. The van der Waals surface area contributed by atoms with Crippen LogP contribution >= 0.6 is 0 Å². The van der Waals surface area contributed by atoms with Crippen molar-refractivity contribution in [3.63, 3.8) is 0 Å². The van der Waals surface area contributed by atoms with E-state index in [2.05, 4.69) is 74.6 Å². The lowest BCUT2D eigenvalue weighted by Crippen LogP contribution is -2.28. The molecular formula is C50H88O5. The second kappa shape index (κ2) is 46.0. The van der Waals surface area contributed by atoms with Crippen LogP contribution in [0, 0.1) is 0 Å². The van der Waals surface area contributed by atoms with Gasteiger partial charge in [-0.25, -0.2) is 0 Å². The molecule has 0 aliphatic carbocycles. The standard InChI is InChI=1S/C50H88O5/c1-3-5-7-9-11-13-15-16-17-18-19-20-21-22-23-24-25-26-27-28-29-30-31-32-33-34-35-37-39-41-43-45-50(53)55-48(46-51)47-54-49(52)44-42-40-38-36-14-12-10-8-6-4-2/h5,7,11,13,16-17,19-20,22-23,48,51H,3-4,6,8-10,12,14-15,18,21,24-47H2,1-2H3/b7-5-,13-11-,17-16-,20-19-,23-22-. The van der Waals surface area contributed by atoms with Crippen LogP contribution in [0.5, 0.6) is 0 Å². The summed E-state index contributed by atoms with van der Waals surface area (Å²) in [7, 11) is 0. The molecular weight excluding hydrogens is 681 g/mol. The van der Waals surface area contributed by atoms with Crippen molar-refractivity contribution in [2.75, 3.05) is 13.2 Å². The normalized spacial score (nSPS) is 12.7. The minimum atomic E-state index is -0.769. The van der Waals surface area contributed by atoms with E-state index < -0.39 is 6.10 Å². The van der Waals surface area contributed by atoms with E-state index in [9.17, 15) is 14.7 Å². The Hall–Kier alpha value is -2.40. The van der Waals surface area contributed by atoms with Gasteiger partial charge in [0.2, 0.25) is 0 Å². The molecule has 0 spiro atoms. The minimum Gasteiger partial charge on any atom is -0.462 e. The van der Waals surface area contributed by atoms with Gasteiger partial charge in [-0.1, -0.05) is 216 Å². The van der Waals surface area contributed by atoms with Crippen molar-refractivity contribution in [3.8, 4) is 0 Å². The number of hydrogen-bond acceptors (Lipinski definition) is 5. The average molecular weight is 769 g/mol. The van der Waals surface area contributed by atoms with Crippen molar-refractivity contribution in [1.82, 2.24) is 0 Å². The Balaban J connectivity index is 3.47. The van der Waals surface area contributed by atoms with E-state index in [4.69, 9.17) is 9.47 Å². The molecule has 1 atom stereocenters. The zero-order valence-electron chi connectivity index (χ0n) is 36.2. The quantitative estimate of drug-likeness (QED) is 0.0380. The third kappa shape index (κ3) is 44.2. The van der Waals surface area contributed by atoms with E-state index in [0.29, 0.717) is 12.8 Å². The number of rotatable bonds is 42. The second-order valence-electron chi connectivity index (χ2n) is 15.5. The van der Waals surface area contributed by atoms with E-state index in [1.165, 1.54) is 128 Å². The van der Waals surface area contributed by atoms with Crippen LogP contribution in [0.25, 0.3) is 0 Å². The predicted octanol–water partition coefficient (Wildman–Crippen LogP) is 15.1. The first-order valence-corrected chi connectivity index (χ1v) is 23.3. The molecule has 1 unspecified atom stereocenters. The maximum atomic E-state index is 12.2. The number of hydrogen-bond donors (Lipinski definition) is 1. The smallest absolute Gasteiger partial charge is 0.306 e. The summed E-state index contributed by atoms with van der Waals surface area (Å²) >= 11 is 0. The number of ether oxygens (including phenoxy) is 2. The summed E-state index contributed by atoms with van der Waals surface area (Å²) < 4.78 is 10.6. The summed E-state index contributed by atoms with van der Waals surface area (Å²) in [6.45, 7) is 4.02. The molecule has 0 fully saturated rings. The van der Waals surface area contributed by atoms with Crippen molar-refractivity contribution >= 4 is 11.9 Å². The van der Waals surface area contributed by atoms with E-state index >= 15 is 0 Å². The van der Waals surface area contributed by atoms with Crippen LogP contribution in [-0.4, -0.2) is 36.4 Å². The van der Waals surface area contributed by atoms with E-state index in [-0.39, 0.29) is 25.2 Å². The van der Waals surface area contributed by atoms with Gasteiger partial charge in [-0.05, 0) is 57.8 Å². The topological polar surface area (TPSA) is 72.8 Å². The average Bonchev–Trinajstić information content (AvgIpc) is 3.19. The van der Waals surface area contributed by atoms with Gasteiger partial charge in [0.25, 0.3) is 0 Å². The van der Waals surface area contributed by atoms with Gasteiger partial charge in [0.15, 0.2) is 6.10 Å². The highest BCUT2D eigenvalue weighted by atomic mass is 16.6. The van der Waals surface area contributed by atoms with Crippen molar-refractivity contribution in [2.45, 2.75) is 232 Å². The maximum Gasteiger partial charge on any atom is 0.306 e. The number of aliphatic hydroxyl groups excluding tert-OH is 1. The SMILES string of the molecule is CC/C=C\C/C=C\C/C=C\C/C=C\C/C=C\CCCCCCCCCCCCCCCCCC(=O)OC(CO)COC(=O)CCCCCCCCCCCC. The van der Waals surface area contributed by atoms with Crippen LogP contribution in [0.2, 0.25) is 0 Å². The van der Waals surface area contributed by atoms with Gasteiger partial charge < -0.3 is 14.6 Å². The summed E-state index contributed by atoms with van der Waals surface area (Å²) in [6.07, 6.45) is 60.3. The molecule has 0 radical (unpaired) electrons. The molecule has 0 bridgehead atoms. The molecule has 0 heterocycles. The Morgan fingerprint density at radius 1 is 0.436 bits per heavy atom. The monoisotopic (exact) mass is 769 g/mol. The van der Waals surface area contributed by atoms with Gasteiger partial charge in [-0.15, -0.1) is 0 Å². The van der Waals surface area contributed by atoms with Gasteiger partial charge in [-0.3, -0.25) is 9.59 Å². The first-order valence-electron chi connectivity index (χ1n) is 23.3. The molecule has 0 aromatic rings. The van der Waals surface area contributed by atoms with Gasteiger partial charge in [0.1, 0.15) is 6.61 Å². The fraction of sp³-hybridized carbons (Fsp3) is 0.760. The van der Waals surface area contributed by atoms with E-state index in [1.54, 1.807) is 0 Å². The fourth-order valence-electron chi connectivity index (χ4n) is 6.58. The third-order valence-electron chi connectivity index (χ3n) is 10.1. The summed E-state index contributed by atoms with van der Waals surface area (Å²) in [5, 5.41) is 9.57. The van der Waals surface area contributed by atoms with Gasteiger partial charge in [-0.2, -0.15) is 0 Å². The third-order valence-corrected chi connectivity index (χ3v) is 10.1. The Morgan fingerprint density at radius 3 is 1.18 bits per heavy atom. The predicted molar refractivity (Wildman–Crippen MR) is 237 cm³/mol. The number of unbranched alkanes of at least 4 members (excludes halogenated alkanes) is 24. The van der Waals surface area contributed by atoms with Gasteiger partial charge in [0, 0.05) is 12.8 Å². The van der Waals surface area contributed by atoms with Crippen LogP contribution in [0.15, 0.2) is 60.8 Å². The summed E-state index contributed by atoms with van der Waals surface area (Å²) in [6, 6.07) is 0. The summed E-state index contributed by atoms with van der Waals surface area (Å²) in [5.74, 6) is -0.588. The van der Waals surface area contributed by atoms with Gasteiger partial charge >= 0.3 is 11.9 Å². The Kier molecular flexibility index (Phi) is 44.0. The zero-order chi connectivity index (χ0) is 40.0. The second-order valence-corrected chi connectivity index (χ2v) is 15.5. The number of esters is 2. The molecule has 5 nitrogen and oxygen atoms in total. The molecule has 0 aliphatic rings. The number of aliphatic hydroxyl groups is 1. The molecule has 0 saturated carbocycles. The lowest BCUT2D eigenvalue weighted by molar-refractivity contribution is -0.161. The fourth-order valence-corrected chi connectivity index (χ4v) is 6.58. The largest absolute Gasteiger partial charge is 0.462 e. The van der Waals surface area contributed by atoms with E-state index in [1.807, 2.05) is 0 Å². The van der Waals surface area contributed by atoms with Crippen LogP contribution < -0.4 is 0 Å². The minimum absolute atomic E-state index is 0.0637. The highest BCUT2D eigenvalue weighted by molar-refractivity contribution is 5.70. The summed E-state index contributed by atoms with van der Waals surface area (Å²) in [5.41, 5.74) is 0. The van der Waals surface area contributed by atoms with Crippen molar-refractivity contribution < 1.29 is 24.2 Å². The highest BCUT2D eigenvalue weighted by Crippen LogP contribution is 2.15. The first-order chi connectivity index (χ1) is 27.1. The van der Waals surface area contributed by atoms with Crippen LogP contribution in [0.3, 0.4) is 0 Å². The molecule has 0 rings (SSSR count). The summed E-state index contributed by atoms with van der Waals surface area (Å²) in [4.78, 5) is 24.3. The molecule has 0 saturated heterocycles. The molecule has 5 heteroatoms. The van der Waals surface area contributed by atoms with Crippen molar-refractivity contribution in [2.24, 2.45) is 0 Å². The van der Waals surface area contributed by atoms with E-state index in [0.717, 1.165) is 70.6 Å². The zero-order valence-corrected chi connectivity index (χ0v) is 36.2. The molecule has 0 aromatic heterocycles. The Bertz CT molecular complexity index is 961. The van der Waals surface area contributed by atoms with Gasteiger partial charge in [0.05, 0.1) is 6.61 Å². The van der Waals surface area contributed by atoms with Crippen LogP contribution in [0.1, 0.15) is 226 Å². The number of carbonyl (C=O) groups is 2. The Morgan fingerprint density at radius 2 is 0.782 bits per heavy atom. The van der Waals surface area contributed by atoms with Crippen LogP contribution in [0.4, 0.5) is 0 Å². The molecule has 1 N–H and O–H groups in total. The molecule has 318 valence electrons. The lowest BCUT2D eigenvalue weighted by atomic mass is 10.0. The van der Waals surface area contributed by atoms with Crippen molar-refractivity contribution in [3.05, 3.63) is 60.8 Å². The maximum absolute atomic E-state index is 12.2. The number of carbonyl (C=O) groups excluding carboxylic acids is 2. The lowest BCUT2D eigenvalue weighted by Gasteiger charge is -2.15. The molecule has 0 aliphatic heterocycles. The Labute approximate surface area is 341 Å². The first kappa shape index (κ1) is 52.6. The van der Waals surface area contributed by atoms with Crippen LogP contribution in [-0.2, 0) is 19.1 Å². The molecule has 0 amide bonds.